The second-order valence-corrected chi connectivity index (χ2v) is 11.8. The first-order valence-electron chi connectivity index (χ1n) is 15.6. The predicted molar refractivity (Wildman–Crippen MR) is 190 cm³/mol. The molecule has 1 N–H and O–H groups in total. The van der Waals surface area contributed by atoms with Gasteiger partial charge < -0.3 is 19.3 Å². The third-order valence-electron chi connectivity index (χ3n) is 6.95. The van der Waals surface area contributed by atoms with E-state index in [4.69, 9.17) is 19.3 Å². The van der Waals surface area contributed by atoms with Crippen molar-refractivity contribution in [2.45, 2.75) is 33.6 Å². The molecule has 1 aromatic heterocycles. The molecule has 0 bridgehead atoms. The highest BCUT2D eigenvalue weighted by Crippen LogP contribution is 2.34. The molecule has 3 aromatic carbocycles. The van der Waals surface area contributed by atoms with Crippen LogP contribution in [0.1, 0.15) is 53.6 Å². The molecule has 0 fully saturated rings. The summed E-state index contributed by atoms with van der Waals surface area (Å²) in [6.45, 7) is 6.86. The van der Waals surface area contributed by atoms with Gasteiger partial charge in [-0.1, -0.05) is 76.6 Å². The number of hydrogen-bond donors (Lipinski definition) is 1. The summed E-state index contributed by atoms with van der Waals surface area (Å²) in [5.41, 5.74) is 2.34. The molecule has 0 aliphatic carbocycles. The fourth-order valence-corrected chi connectivity index (χ4v) is 5.69. The lowest BCUT2D eigenvalue weighted by atomic mass is 9.93. The van der Waals surface area contributed by atoms with Crippen LogP contribution in [0.5, 0.6) is 11.5 Å². The first-order chi connectivity index (χ1) is 23.6. The molecular weight excluding hydrogens is 714 g/mol. The van der Waals surface area contributed by atoms with Crippen LogP contribution in [0.3, 0.4) is 0 Å². The van der Waals surface area contributed by atoms with Crippen LogP contribution in [-0.4, -0.2) is 64.5 Å². The van der Waals surface area contributed by atoms with Gasteiger partial charge in [-0.05, 0) is 39.0 Å². The number of carbonyl (C=O) groups excluding carboxylic acids is 4. The molecule has 0 saturated heterocycles. The largest absolute Gasteiger partial charge is 0.490 e. The smallest absolute Gasteiger partial charge is 0.317 e. The lowest BCUT2D eigenvalue weighted by molar-refractivity contribution is -0.146. The Morgan fingerprint density at radius 2 is 1.35 bits per heavy atom. The van der Waals surface area contributed by atoms with E-state index in [1.54, 1.807) is 49.4 Å². The normalized spacial score (nSPS) is 11.7. The first-order valence-corrected chi connectivity index (χ1v) is 17.6. The maximum Gasteiger partial charge on any atom is 0.317 e. The lowest BCUT2D eigenvalue weighted by Crippen LogP contribution is -2.28. The minimum absolute atomic E-state index is 0.0544. The van der Waals surface area contributed by atoms with Gasteiger partial charge in [0.2, 0.25) is 0 Å². The monoisotopic (exact) mass is 751 g/mol. The van der Waals surface area contributed by atoms with Crippen molar-refractivity contribution in [2.75, 3.05) is 25.2 Å². The van der Waals surface area contributed by atoms with E-state index in [0.717, 1.165) is 10.6 Å². The van der Waals surface area contributed by atoms with Crippen LogP contribution in [0, 0.1) is 11.8 Å². The number of ether oxygens (including phenoxy) is 3. The number of ketones is 3. The molecule has 12 heteroatoms. The van der Waals surface area contributed by atoms with Crippen molar-refractivity contribution in [3.63, 3.8) is 0 Å². The highest BCUT2D eigenvalue weighted by atomic mass is 79.9. The molecule has 0 amide bonds. The number of Topliss-reactive ketones (excluding diaryl/α,β-unsaturated/α-hetero) is 3. The number of thiazole rings is 1. The van der Waals surface area contributed by atoms with Gasteiger partial charge in [-0.3, -0.25) is 24.0 Å². The summed E-state index contributed by atoms with van der Waals surface area (Å²) in [5.74, 6) is -3.80. The fourth-order valence-electron chi connectivity index (χ4n) is 4.63. The quantitative estimate of drug-likeness (QED) is 0.0511. The van der Waals surface area contributed by atoms with Gasteiger partial charge in [-0.15, -0.1) is 11.3 Å². The summed E-state index contributed by atoms with van der Waals surface area (Å²) < 4.78 is 16.5. The van der Waals surface area contributed by atoms with Gasteiger partial charge in [0.25, 0.3) is 0 Å². The Hall–Kier alpha value is -4.68. The maximum atomic E-state index is 13.0. The highest BCUT2D eigenvalue weighted by Gasteiger charge is 2.31. The zero-order valence-corrected chi connectivity index (χ0v) is 29.8. The molecule has 10 nitrogen and oxygen atoms in total. The number of aliphatic carboxylic acids is 1. The van der Waals surface area contributed by atoms with E-state index < -0.39 is 29.6 Å². The summed E-state index contributed by atoms with van der Waals surface area (Å²) in [6, 6.07) is 22.6. The number of carboxylic acids is 1. The molecule has 49 heavy (non-hydrogen) atoms. The van der Waals surface area contributed by atoms with Crippen molar-refractivity contribution in [2.24, 2.45) is 11.8 Å². The Morgan fingerprint density at radius 1 is 0.776 bits per heavy atom. The van der Waals surface area contributed by atoms with Gasteiger partial charge in [-0.2, -0.15) is 0 Å². The van der Waals surface area contributed by atoms with E-state index in [2.05, 4.69) is 20.9 Å². The molecule has 0 spiro atoms. The lowest BCUT2D eigenvalue weighted by Gasteiger charge is -2.13. The molecule has 258 valence electrons. The number of hydrogen-bond acceptors (Lipinski definition) is 10. The van der Waals surface area contributed by atoms with Crippen LogP contribution >= 0.6 is 27.3 Å². The Kier molecular flexibility index (Phi) is 15.8. The number of rotatable bonds is 17. The molecule has 4 rings (SSSR count). The number of carbonyl (C=O) groups is 5. The number of nitrogens with zero attached hydrogens (tertiary/aromatic N) is 1. The van der Waals surface area contributed by atoms with Gasteiger partial charge in [0.1, 0.15) is 22.6 Å². The van der Waals surface area contributed by atoms with Crippen LogP contribution < -0.4 is 9.47 Å². The minimum Gasteiger partial charge on any atom is -0.490 e. The van der Waals surface area contributed by atoms with Gasteiger partial charge in [0.15, 0.2) is 23.1 Å². The molecule has 0 aliphatic rings. The molecule has 4 aromatic rings. The first kappa shape index (κ1) is 38.8. The van der Waals surface area contributed by atoms with Gasteiger partial charge >= 0.3 is 11.9 Å². The van der Waals surface area contributed by atoms with Crippen molar-refractivity contribution in [1.82, 2.24) is 4.98 Å². The van der Waals surface area contributed by atoms with Crippen molar-refractivity contribution in [3.8, 4) is 22.1 Å². The Balaban J connectivity index is 0.000000323. The van der Waals surface area contributed by atoms with E-state index in [1.807, 2.05) is 43.5 Å². The second kappa shape index (κ2) is 20.0. The molecule has 2 unspecified atom stereocenters. The molecule has 0 aliphatic heterocycles. The highest BCUT2D eigenvalue weighted by molar-refractivity contribution is 9.09. The number of halogens is 1. The number of carboxylic acid groups (broad SMARTS) is 1. The Morgan fingerprint density at radius 3 is 1.88 bits per heavy atom. The predicted octanol–water partition coefficient (Wildman–Crippen LogP) is 7.14. The molecule has 2 atom stereocenters. The minimum atomic E-state index is -1.30. The van der Waals surface area contributed by atoms with Gasteiger partial charge in [0, 0.05) is 34.9 Å². The van der Waals surface area contributed by atoms with E-state index in [-0.39, 0.29) is 36.3 Å². The standard InChI is InChI=1S/C25H27NO5S.C12H11BrO4/c1-4-29-21-13-12-18(14-22(21)30-5-2)24-26-19(16-32-24)15-20(25(28)31-6-3)23(27)17-10-8-7-9-11-17;13-7-9(14)6-10(12(16)17)11(15)8-4-2-1-3-5-8/h7-14,16,20H,4-6,15H2,1-3H3;1-5,10H,6-7H2,(H,16,17). The summed E-state index contributed by atoms with van der Waals surface area (Å²) in [4.78, 5) is 64.3. The van der Waals surface area contributed by atoms with E-state index >= 15 is 0 Å². The van der Waals surface area contributed by atoms with E-state index in [1.165, 1.54) is 23.5 Å². The van der Waals surface area contributed by atoms with Crippen LogP contribution in [0.25, 0.3) is 10.6 Å². The average molecular weight is 753 g/mol. The van der Waals surface area contributed by atoms with Crippen molar-refractivity contribution in [3.05, 3.63) is 101 Å². The third-order valence-corrected chi connectivity index (χ3v) is 8.52. The van der Waals surface area contributed by atoms with Crippen molar-refractivity contribution >= 4 is 56.6 Å². The van der Waals surface area contributed by atoms with Crippen LogP contribution in [0.15, 0.2) is 84.2 Å². The second-order valence-electron chi connectivity index (χ2n) is 10.4. The number of esters is 1. The van der Waals surface area contributed by atoms with Crippen LogP contribution in [0.2, 0.25) is 0 Å². The summed E-state index contributed by atoms with van der Waals surface area (Å²) in [6.07, 6.45) is -0.104. The van der Waals surface area contributed by atoms with Crippen molar-refractivity contribution in [1.29, 1.82) is 0 Å². The maximum absolute atomic E-state index is 13.0. The van der Waals surface area contributed by atoms with Gasteiger partial charge in [0.05, 0.1) is 30.8 Å². The zero-order valence-electron chi connectivity index (χ0n) is 27.4. The van der Waals surface area contributed by atoms with Gasteiger partial charge in [-0.25, -0.2) is 4.98 Å². The molecular formula is C37H38BrNO9S. The van der Waals surface area contributed by atoms with E-state index in [9.17, 15) is 24.0 Å². The van der Waals surface area contributed by atoms with E-state index in [0.29, 0.717) is 41.5 Å². The fraction of sp³-hybridized carbons (Fsp3) is 0.297. The average Bonchev–Trinajstić information content (AvgIpc) is 3.59. The summed E-state index contributed by atoms with van der Waals surface area (Å²) in [5, 5.41) is 11.7. The number of benzene rings is 3. The van der Waals surface area contributed by atoms with Crippen LogP contribution in [0.4, 0.5) is 0 Å². The molecule has 0 saturated carbocycles. The zero-order chi connectivity index (χ0) is 35.8. The summed E-state index contributed by atoms with van der Waals surface area (Å²) >= 11 is 4.40. The molecule has 0 radical (unpaired) electrons. The SMILES string of the molecule is CCOC(=O)C(Cc1csc(-c2ccc(OCC)c(OCC)c2)n1)C(=O)c1ccccc1.O=C(CBr)CC(C(=O)O)C(=O)c1ccccc1. The number of alkyl halides is 1. The third kappa shape index (κ3) is 11.5. The van der Waals surface area contributed by atoms with Crippen LogP contribution in [-0.2, 0) is 25.5 Å². The Labute approximate surface area is 297 Å². The van der Waals surface area contributed by atoms with Crippen molar-refractivity contribution < 1.29 is 43.3 Å². The molecule has 1 heterocycles. The number of aromatic nitrogens is 1. The topological polar surface area (TPSA) is 146 Å². The Bertz CT molecular complexity index is 1710. The summed E-state index contributed by atoms with van der Waals surface area (Å²) in [7, 11) is 0.